The fourth-order valence-electron chi connectivity index (χ4n) is 1.58. The molecule has 0 bridgehead atoms. The first-order chi connectivity index (χ1) is 9.47. The minimum absolute atomic E-state index is 0.197. The van der Waals surface area contributed by atoms with Crippen molar-refractivity contribution in [2.45, 2.75) is 10.7 Å². The Balaban J connectivity index is 2.33. The Morgan fingerprint density at radius 1 is 1.15 bits per heavy atom. The van der Waals surface area contributed by atoms with Crippen LogP contribution in [0.15, 0.2) is 45.8 Å². The van der Waals surface area contributed by atoms with Gasteiger partial charge in [0.2, 0.25) is 0 Å². The van der Waals surface area contributed by atoms with Crippen LogP contribution in [-0.2, 0) is 0 Å². The molecule has 0 aromatic heterocycles. The molecule has 0 atom stereocenters. The van der Waals surface area contributed by atoms with Crippen molar-refractivity contribution in [2.75, 3.05) is 11.1 Å². The van der Waals surface area contributed by atoms with E-state index in [9.17, 15) is 13.2 Å². The molecule has 3 N–H and O–H groups in total. The number of nitrogen functional groups attached to an aromatic ring is 1. The van der Waals surface area contributed by atoms with Crippen LogP contribution in [0.2, 0.25) is 0 Å². The van der Waals surface area contributed by atoms with Gasteiger partial charge in [-0.2, -0.15) is 8.78 Å². The third kappa shape index (κ3) is 3.61. The Bertz CT molecular complexity index is 623. The molecule has 0 aliphatic rings. The predicted octanol–water partition coefficient (Wildman–Crippen LogP) is 5.23. The maximum atomic E-state index is 13.3. The summed E-state index contributed by atoms with van der Waals surface area (Å²) in [5, 5.41) is 2.94. The first-order valence-electron chi connectivity index (χ1n) is 5.52. The standard InChI is InChI=1S/C13H10BrF3N2S/c14-7-5-11(9(18)6-8(7)15)19-10-3-1-2-4-12(10)20-13(16)17/h1-6,13,19H,18H2. The number of nitrogens with two attached hydrogens (primary N) is 1. The van der Waals surface area contributed by atoms with E-state index in [1.165, 1.54) is 6.07 Å². The fraction of sp³-hybridized carbons (Fsp3) is 0.0769. The highest BCUT2D eigenvalue weighted by Gasteiger charge is 2.12. The number of halogens is 4. The van der Waals surface area contributed by atoms with Crippen LogP contribution >= 0.6 is 27.7 Å². The number of rotatable bonds is 4. The van der Waals surface area contributed by atoms with Gasteiger partial charge in [0.05, 0.1) is 21.5 Å². The maximum absolute atomic E-state index is 13.3. The molecule has 20 heavy (non-hydrogen) atoms. The van der Waals surface area contributed by atoms with E-state index in [0.717, 1.165) is 6.07 Å². The molecule has 0 spiro atoms. The number of hydrogen-bond donors (Lipinski definition) is 2. The highest BCUT2D eigenvalue weighted by Crippen LogP contribution is 2.35. The monoisotopic (exact) mass is 362 g/mol. The number of thioether (sulfide) groups is 1. The van der Waals surface area contributed by atoms with Gasteiger partial charge in [-0.3, -0.25) is 0 Å². The topological polar surface area (TPSA) is 38.0 Å². The molecule has 0 heterocycles. The smallest absolute Gasteiger partial charge is 0.288 e. The van der Waals surface area contributed by atoms with Crippen molar-refractivity contribution < 1.29 is 13.2 Å². The summed E-state index contributed by atoms with van der Waals surface area (Å²) in [5.74, 6) is -3.00. The van der Waals surface area contributed by atoms with Gasteiger partial charge in [-0.15, -0.1) is 0 Å². The van der Waals surface area contributed by atoms with Gasteiger partial charge in [-0.25, -0.2) is 4.39 Å². The molecular weight excluding hydrogens is 353 g/mol. The molecule has 0 saturated heterocycles. The molecule has 0 aliphatic carbocycles. The first-order valence-corrected chi connectivity index (χ1v) is 7.20. The minimum atomic E-state index is -2.52. The summed E-state index contributed by atoms with van der Waals surface area (Å²) in [7, 11) is 0. The molecule has 106 valence electrons. The van der Waals surface area contributed by atoms with E-state index >= 15 is 0 Å². The SMILES string of the molecule is Nc1cc(F)c(Br)cc1Nc1ccccc1SC(F)F. The number of benzene rings is 2. The highest BCUT2D eigenvalue weighted by molar-refractivity contribution is 9.10. The summed E-state index contributed by atoms with van der Waals surface area (Å²) in [4.78, 5) is 0.391. The maximum Gasteiger partial charge on any atom is 0.288 e. The predicted molar refractivity (Wildman–Crippen MR) is 80.1 cm³/mol. The molecule has 0 saturated carbocycles. The zero-order valence-electron chi connectivity index (χ0n) is 10.0. The van der Waals surface area contributed by atoms with E-state index in [-0.39, 0.29) is 10.2 Å². The van der Waals surface area contributed by atoms with Crippen molar-refractivity contribution in [1.82, 2.24) is 0 Å². The van der Waals surface area contributed by atoms with Crippen molar-refractivity contribution >= 4 is 44.8 Å². The van der Waals surface area contributed by atoms with Crippen molar-refractivity contribution in [3.63, 3.8) is 0 Å². The van der Waals surface area contributed by atoms with E-state index in [0.29, 0.717) is 28.0 Å². The van der Waals surface area contributed by atoms with Gasteiger partial charge in [-0.05, 0) is 34.1 Å². The molecule has 2 aromatic rings. The molecule has 0 fully saturated rings. The van der Waals surface area contributed by atoms with Crippen LogP contribution in [0.3, 0.4) is 0 Å². The summed E-state index contributed by atoms with van der Waals surface area (Å²) in [5.41, 5.74) is 6.84. The molecule has 0 amide bonds. The third-order valence-electron chi connectivity index (χ3n) is 2.46. The van der Waals surface area contributed by atoms with Crippen LogP contribution in [0, 0.1) is 5.82 Å². The second-order valence-corrected chi connectivity index (χ2v) is 5.74. The molecule has 0 aliphatic heterocycles. The molecule has 0 radical (unpaired) electrons. The second-order valence-electron chi connectivity index (χ2n) is 3.85. The van der Waals surface area contributed by atoms with Gasteiger partial charge in [0.1, 0.15) is 5.82 Å². The average Bonchev–Trinajstić information content (AvgIpc) is 2.37. The molecular formula is C13H10BrF3N2S. The van der Waals surface area contributed by atoms with Crippen LogP contribution in [-0.4, -0.2) is 5.76 Å². The van der Waals surface area contributed by atoms with Gasteiger partial charge in [0, 0.05) is 11.0 Å². The van der Waals surface area contributed by atoms with Gasteiger partial charge < -0.3 is 11.1 Å². The van der Waals surface area contributed by atoms with Crippen LogP contribution in [0.1, 0.15) is 0 Å². The Morgan fingerprint density at radius 3 is 2.55 bits per heavy atom. The number of nitrogens with one attached hydrogen (secondary N) is 1. The Labute approximate surface area is 126 Å². The summed E-state index contributed by atoms with van der Waals surface area (Å²) in [6, 6.07) is 9.24. The number of hydrogen-bond acceptors (Lipinski definition) is 3. The fourth-order valence-corrected chi connectivity index (χ4v) is 2.52. The van der Waals surface area contributed by atoms with Crippen molar-refractivity contribution in [3.05, 3.63) is 46.7 Å². The third-order valence-corrected chi connectivity index (χ3v) is 3.86. The number of para-hydroxylation sites is 1. The summed E-state index contributed by atoms with van der Waals surface area (Å²) in [6.07, 6.45) is 0. The summed E-state index contributed by atoms with van der Waals surface area (Å²) in [6.45, 7) is 0. The quantitative estimate of drug-likeness (QED) is 0.577. The lowest BCUT2D eigenvalue weighted by Gasteiger charge is -2.13. The zero-order chi connectivity index (χ0) is 14.7. The van der Waals surface area contributed by atoms with E-state index in [1.54, 1.807) is 24.3 Å². The van der Waals surface area contributed by atoms with E-state index in [1.807, 2.05) is 0 Å². The van der Waals surface area contributed by atoms with Gasteiger partial charge in [0.25, 0.3) is 5.76 Å². The van der Waals surface area contributed by atoms with E-state index < -0.39 is 11.6 Å². The van der Waals surface area contributed by atoms with Gasteiger partial charge >= 0.3 is 0 Å². The molecule has 2 nitrogen and oxygen atoms in total. The van der Waals surface area contributed by atoms with Crippen molar-refractivity contribution in [2.24, 2.45) is 0 Å². The average molecular weight is 363 g/mol. The van der Waals surface area contributed by atoms with Crippen LogP contribution < -0.4 is 11.1 Å². The lowest BCUT2D eigenvalue weighted by molar-refractivity contribution is 0.252. The molecule has 2 aromatic carbocycles. The molecule has 0 unspecified atom stereocenters. The van der Waals surface area contributed by atoms with Gasteiger partial charge in [-0.1, -0.05) is 23.9 Å². The Kier molecular flexibility index (Phi) is 4.82. The lowest BCUT2D eigenvalue weighted by atomic mass is 10.2. The van der Waals surface area contributed by atoms with Crippen LogP contribution in [0.4, 0.5) is 30.2 Å². The number of alkyl halides is 2. The number of anilines is 3. The van der Waals surface area contributed by atoms with E-state index in [2.05, 4.69) is 21.2 Å². The lowest BCUT2D eigenvalue weighted by Crippen LogP contribution is -1.99. The normalized spacial score (nSPS) is 10.8. The Hall–Kier alpha value is -1.34. The van der Waals surface area contributed by atoms with Crippen LogP contribution in [0.5, 0.6) is 0 Å². The second kappa shape index (κ2) is 6.41. The summed E-state index contributed by atoms with van der Waals surface area (Å²) < 4.78 is 38.5. The molecule has 2 rings (SSSR count). The minimum Gasteiger partial charge on any atom is -0.397 e. The van der Waals surface area contributed by atoms with Crippen molar-refractivity contribution in [1.29, 1.82) is 0 Å². The molecule has 7 heteroatoms. The first kappa shape index (κ1) is 15.1. The van der Waals surface area contributed by atoms with Crippen LogP contribution in [0.25, 0.3) is 0 Å². The summed E-state index contributed by atoms with van der Waals surface area (Å²) >= 11 is 3.49. The van der Waals surface area contributed by atoms with Crippen molar-refractivity contribution in [3.8, 4) is 0 Å². The largest absolute Gasteiger partial charge is 0.397 e. The van der Waals surface area contributed by atoms with Gasteiger partial charge in [0.15, 0.2) is 0 Å². The Morgan fingerprint density at radius 2 is 1.85 bits per heavy atom. The van der Waals surface area contributed by atoms with E-state index in [4.69, 9.17) is 5.73 Å². The zero-order valence-corrected chi connectivity index (χ0v) is 12.4. The highest BCUT2D eigenvalue weighted by atomic mass is 79.9.